The molecule has 0 radical (unpaired) electrons. The summed E-state index contributed by atoms with van der Waals surface area (Å²) in [6.07, 6.45) is 0. The van der Waals surface area contributed by atoms with E-state index < -0.39 is 18.0 Å². The maximum absolute atomic E-state index is 11.4. The van der Waals surface area contributed by atoms with E-state index in [0.717, 1.165) is 0 Å². The summed E-state index contributed by atoms with van der Waals surface area (Å²) in [4.78, 5) is 33.0. The Kier molecular flexibility index (Phi) is 5.13. The first-order valence-electron chi connectivity index (χ1n) is 5.08. The van der Waals surface area contributed by atoms with Gasteiger partial charge in [-0.2, -0.15) is 0 Å². The van der Waals surface area contributed by atoms with Crippen molar-refractivity contribution < 1.29 is 24.2 Å². The van der Waals surface area contributed by atoms with Crippen molar-refractivity contribution in [1.82, 2.24) is 5.32 Å². The van der Waals surface area contributed by atoms with Gasteiger partial charge in [-0.15, -0.1) is 0 Å². The van der Waals surface area contributed by atoms with Crippen molar-refractivity contribution in [3.8, 4) is 0 Å². The Balaban J connectivity index is 2.69. The number of hydrogen-bond donors (Lipinski definition) is 3. The third kappa shape index (κ3) is 4.84. The Morgan fingerprint density at radius 3 is 2.58 bits per heavy atom. The number of carbonyl (C=O) groups is 3. The van der Waals surface area contributed by atoms with Crippen LogP contribution in [0.5, 0.6) is 0 Å². The number of rotatable bonds is 4. The van der Waals surface area contributed by atoms with Gasteiger partial charge in [0, 0.05) is 10.7 Å². The smallest absolute Gasteiger partial charge is 0.335 e. The lowest BCUT2D eigenvalue weighted by Gasteiger charge is -2.08. The molecule has 0 saturated heterocycles. The second-order valence-electron chi connectivity index (χ2n) is 3.42. The van der Waals surface area contributed by atoms with Gasteiger partial charge >= 0.3 is 18.0 Å². The SMILES string of the molecule is COC(=O)CNC(=O)Nc1cc(Cl)cc(C(=O)O)c1. The first-order valence-corrected chi connectivity index (χ1v) is 5.45. The average Bonchev–Trinajstić information content (AvgIpc) is 2.35. The minimum absolute atomic E-state index is 0.0595. The summed E-state index contributed by atoms with van der Waals surface area (Å²) in [5.74, 6) is -1.77. The van der Waals surface area contributed by atoms with Crippen LogP contribution in [0.25, 0.3) is 0 Å². The minimum atomic E-state index is -1.17. The summed E-state index contributed by atoms with van der Waals surface area (Å²) in [5.41, 5.74) is 0.142. The van der Waals surface area contributed by atoms with E-state index in [1.54, 1.807) is 0 Å². The van der Waals surface area contributed by atoms with Gasteiger partial charge in [-0.1, -0.05) is 11.6 Å². The number of ether oxygens (including phenoxy) is 1. The molecular weight excluding hydrogens is 276 g/mol. The number of carbonyl (C=O) groups excluding carboxylic acids is 2. The molecule has 0 atom stereocenters. The minimum Gasteiger partial charge on any atom is -0.478 e. The number of anilines is 1. The lowest BCUT2D eigenvalue weighted by atomic mass is 10.2. The fourth-order valence-electron chi connectivity index (χ4n) is 1.19. The predicted octanol–water partition coefficient (Wildman–Crippen LogP) is 1.33. The molecule has 19 heavy (non-hydrogen) atoms. The van der Waals surface area contributed by atoms with Gasteiger partial charge in [0.2, 0.25) is 0 Å². The van der Waals surface area contributed by atoms with Crippen molar-refractivity contribution >= 4 is 35.3 Å². The maximum Gasteiger partial charge on any atom is 0.335 e. The standard InChI is InChI=1S/C11H11ClN2O5/c1-19-9(15)5-13-11(18)14-8-3-6(10(16)17)2-7(12)4-8/h2-4H,5H2,1H3,(H,16,17)(H2,13,14,18). The first kappa shape index (κ1) is 14.8. The van der Waals surface area contributed by atoms with E-state index >= 15 is 0 Å². The molecule has 0 aliphatic rings. The second kappa shape index (κ2) is 6.60. The molecule has 0 heterocycles. The van der Waals surface area contributed by atoms with E-state index in [4.69, 9.17) is 16.7 Å². The third-order valence-electron chi connectivity index (χ3n) is 2.02. The van der Waals surface area contributed by atoms with Crippen LogP contribution in [-0.2, 0) is 9.53 Å². The molecule has 7 nitrogen and oxygen atoms in total. The van der Waals surface area contributed by atoms with Gasteiger partial charge in [-0.25, -0.2) is 9.59 Å². The largest absolute Gasteiger partial charge is 0.478 e. The highest BCUT2D eigenvalue weighted by atomic mass is 35.5. The lowest BCUT2D eigenvalue weighted by Crippen LogP contribution is -2.33. The number of hydrogen-bond acceptors (Lipinski definition) is 4. The highest BCUT2D eigenvalue weighted by molar-refractivity contribution is 6.31. The quantitative estimate of drug-likeness (QED) is 0.724. The molecule has 1 aromatic carbocycles. The van der Waals surface area contributed by atoms with Crippen LogP contribution < -0.4 is 10.6 Å². The van der Waals surface area contributed by atoms with E-state index in [2.05, 4.69) is 15.4 Å². The molecule has 102 valence electrons. The Labute approximate surface area is 113 Å². The van der Waals surface area contributed by atoms with Crippen LogP contribution in [0.3, 0.4) is 0 Å². The average molecular weight is 287 g/mol. The Bertz CT molecular complexity index is 518. The highest BCUT2D eigenvalue weighted by Crippen LogP contribution is 2.19. The molecule has 0 aromatic heterocycles. The van der Waals surface area contributed by atoms with Crippen LogP contribution in [0.4, 0.5) is 10.5 Å². The summed E-state index contributed by atoms with van der Waals surface area (Å²) in [6, 6.07) is 3.20. The Hall–Kier alpha value is -2.28. The van der Waals surface area contributed by atoms with E-state index in [-0.39, 0.29) is 22.8 Å². The van der Waals surface area contributed by atoms with E-state index in [1.165, 1.54) is 25.3 Å². The number of halogens is 1. The van der Waals surface area contributed by atoms with E-state index in [1.807, 2.05) is 0 Å². The van der Waals surface area contributed by atoms with Gasteiger partial charge in [0.1, 0.15) is 6.54 Å². The van der Waals surface area contributed by atoms with Crippen molar-refractivity contribution in [3.63, 3.8) is 0 Å². The molecule has 0 aliphatic heterocycles. The zero-order chi connectivity index (χ0) is 14.4. The monoisotopic (exact) mass is 286 g/mol. The Morgan fingerprint density at radius 2 is 2.00 bits per heavy atom. The molecular formula is C11H11ClN2O5. The van der Waals surface area contributed by atoms with Crippen molar-refractivity contribution in [2.75, 3.05) is 19.0 Å². The second-order valence-corrected chi connectivity index (χ2v) is 3.85. The van der Waals surface area contributed by atoms with E-state index in [0.29, 0.717) is 0 Å². The van der Waals surface area contributed by atoms with Crippen molar-refractivity contribution in [2.24, 2.45) is 0 Å². The molecule has 0 saturated carbocycles. The topological polar surface area (TPSA) is 105 Å². The van der Waals surface area contributed by atoms with Gasteiger partial charge in [-0.05, 0) is 18.2 Å². The highest BCUT2D eigenvalue weighted by Gasteiger charge is 2.09. The lowest BCUT2D eigenvalue weighted by molar-refractivity contribution is -0.139. The first-order chi connectivity index (χ1) is 8.92. The number of methoxy groups -OCH3 is 1. The van der Waals surface area contributed by atoms with E-state index in [9.17, 15) is 14.4 Å². The van der Waals surface area contributed by atoms with Crippen LogP contribution in [0.15, 0.2) is 18.2 Å². The molecule has 3 N–H and O–H groups in total. The predicted molar refractivity (Wildman–Crippen MR) is 67.4 cm³/mol. The molecule has 0 aliphatic carbocycles. The van der Waals surface area contributed by atoms with Crippen molar-refractivity contribution in [3.05, 3.63) is 28.8 Å². The van der Waals surface area contributed by atoms with Gasteiger partial charge in [0.15, 0.2) is 0 Å². The molecule has 0 fully saturated rings. The van der Waals surface area contributed by atoms with Gasteiger partial charge in [-0.3, -0.25) is 4.79 Å². The normalized spacial score (nSPS) is 9.58. The van der Waals surface area contributed by atoms with Crippen molar-refractivity contribution in [1.29, 1.82) is 0 Å². The Morgan fingerprint density at radius 1 is 1.32 bits per heavy atom. The zero-order valence-electron chi connectivity index (χ0n) is 9.90. The van der Waals surface area contributed by atoms with Crippen LogP contribution >= 0.6 is 11.6 Å². The van der Waals surface area contributed by atoms with Gasteiger partial charge in [0.05, 0.1) is 12.7 Å². The van der Waals surface area contributed by atoms with Crippen LogP contribution in [0.2, 0.25) is 5.02 Å². The maximum atomic E-state index is 11.4. The fraction of sp³-hybridized carbons (Fsp3) is 0.182. The van der Waals surface area contributed by atoms with Crippen LogP contribution in [0.1, 0.15) is 10.4 Å². The number of amides is 2. The summed E-state index contributed by atoms with van der Waals surface area (Å²) < 4.78 is 4.34. The summed E-state index contributed by atoms with van der Waals surface area (Å²) >= 11 is 5.72. The number of carboxylic acid groups (broad SMARTS) is 1. The van der Waals surface area contributed by atoms with Crippen LogP contribution in [-0.4, -0.2) is 36.7 Å². The molecule has 0 bridgehead atoms. The number of esters is 1. The molecule has 1 rings (SSSR count). The number of nitrogens with one attached hydrogen (secondary N) is 2. The summed E-state index contributed by atoms with van der Waals surface area (Å²) in [5, 5.41) is 13.6. The molecule has 2 amide bonds. The molecule has 0 unspecified atom stereocenters. The zero-order valence-corrected chi connectivity index (χ0v) is 10.7. The molecule has 1 aromatic rings. The number of urea groups is 1. The molecule has 8 heteroatoms. The van der Waals surface area contributed by atoms with Gasteiger partial charge in [0.25, 0.3) is 0 Å². The fourth-order valence-corrected chi connectivity index (χ4v) is 1.42. The summed E-state index contributed by atoms with van der Waals surface area (Å²) in [7, 11) is 1.19. The van der Waals surface area contributed by atoms with Crippen molar-refractivity contribution in [2.45, 2.75) is 0 Å². The van der Waals surface area contributed by atoms with Crippen LogP contribution in [0, 0.1) is 0 Å². The number of aromatic carboxylic acids is 1. The number of carboxylic acids is 1. The molecule has 0 spiro atoms. The van der Waals surface area contributed by atoms with Gasteiger partial charge < -0.3 is 20.5 Å². The summed E-state index contributed by atoms with van der Waals surface area (Å²) in [6.45, 7) is -0.297. The number of benzene rings is 1. The third-order valence-corrected chi connectivity index (χ3v) is 2.24.